The minimum Gasteiger partial charge on any atom is -0.486 e. The number of ether oxygens (including phenoxy) is 2. The Labute approximate surface area is 199 Å². The van der Waals surface area contributed by atoms with Crippen molar-refractivity contribution in [3.63, 3.8) is 0 Å². The van der Waals surface area contributed by atoms with Gasteiger partial charge in [0, 0.05) is 12.0 Å². The maximum absolute atomic E-state index is 13.8. The number of anilines is 1. The molecule has 0 radical (unpaired) electrons. The van der Waals surface area contributed by atoms with E-state index >= 15 is 0 Å². The first-order valence-electron chi connectivity index (χ1n) is 11.1. The third-order valence-corrected chi connectivity index (χ3v) is 6.04. The number of benzene rings is 3. The Balaban J connectivity index is 1.46. The molecule has 0 saturated carbocycles. The summed E-state index contributed by atoms with van der Waals surface area (Å²) in [6.07, 6.45) is -4.77. The van der Waals surface area contributed by atoms with Crippen LogP contribution in [-0.4, -0.2) is 41.8 Å². The second-order valence-corrected chi connectivity index (χ2v) is 8.40. The predicted octanol–water partition coefficient (Wildman–Crippen LogP) is 4.79. The van der Waals surface area contributed by atoms with Crippen LogP contribution in [0.3, 0.4) is 0 Å². The van der Waals surface area contributed by atoms with E-state index in [0.717, 1.165) is 0 Å². The van der Waals surface area contributed by atoms with E-state index in [9.17, 15) is 22.8 Å². The Morgan fingerprint density at radius 1 is 0.971 bits per heavy atom. The molecule has 9 heteroatoms. The van der Waals surface area contributed by atoms with Gasteiger partial charge in [-0.15, -0.1) is 13.2 Å². The fraction of sp³-hybridized carbons (Fsp3) is 0.231. The van der Waals surface area contributed by atoms with Gasteiger partial charge in [-0.2, -0.15) is 0 Å². The molecule has 3 aromatic carbocycles. The van der Waals surface area contributed by atoms with Gasteiger partial charge in [0.2, 0.25) is 5.91 Å². The van der Waals surface area contributed by atoms with Crippen LogP contribution in [0.25, 0.3) is 0 Å². The number of hydrogen-bond donors (Lipinski definition) is 0. The molecule has 5 rings (SSSR count). The van der Waals surface area contributed by atoms with Crippen molar-refractivity contribution in [1.29, 1.82) is 0 Å². The van der Waals surface area contributed by atoms with Gasteiger partial charge in [-0.05, 0) is 42.0 Å². The van der Waals surface area contributed by atoms with Crippen LogP contribution in [0.1, 0.15) is 22.3 Å². The molecule has 2 atom stereocenters. The molecule has 1 saturated heterocycles. The van der Waals surface area contributed by atoms with Crippen LogP contribution in [0.2, 0.25) is 0 Å². The van der Waals surface area contributed by atoms with Crippen molar-refractivity contribution in [2.45, 2.75) is 31.5 Å². The van der Waals surface area contributed by atoms with Crippen molar-refractivity contribution in [2.75, 3.05) is 11.4 Å². The number of para-hydroxylation sites is 2. The van der Waals surface area contributed by atoms with Gasteiger partial charge >= 0.3 is 6.36 Å². The van der Waals surface area contributed by atoms with Gasteiger partial charge in [0.15, 0.2) is 0 Å². The lowest BCUT2D eigenvalue weighted by Crippen LogP contribution is -2.47. The van der Waals surface area contributed by atoms with Gasteiger partial charge < -0.3 is 19.3 Å². The van der Waals surface area contributed by atoms with Gasteiger partial charge in [-0.3, -0.25) is 9.59 Å². The Hall–Kier alpha value is -4.01. The third-order valence-electron chi connectivity index (χ3n) is 6.04. The molecule has 0 aliphatic carbocycles. The highest BCUT2D eigenvalue weighted by molar-refractivity contribution is 6.03. The van der Waals surface area contributed by atoms with Crippen LogP contribution in [0.4, 0.5) is 18.9 Å². The molecule has 1 fully saturated rings. The molecule has 2 bridgehead atoms. The van der Waals surface area contributed by atoms with E-state index in [1.165, 1.54) is 29.2 Å². The molecule has 6 nitrogen and oxygen atoms in total. The number of likely N-dealkylation sites (tertiary alicyclic amines) is 1. The monoisotopic (exact) mass is 482 g/mol. The van der Waals surface area contributed by atoms with Crippen LogP contribution in [-0.2, 0) is 11.3 Å². The predicted molar refractivity (Wildman–Crippen MR) is 121 cm³/mol. The lowest BCUT2D eigenvalue weighted by molar-refractivity contribution is -0.274. The molecule has 3 aromatic rings. The highest BCUT2D eigenvalue weighted by atomic mass is 19.4. The van der Waals surface area contributed by atoms with Crippen LogP contribution in [0.15, 0.2) is 78.9 Å². The van der Waals surface area contributed by atoms with Crippen molar-refractivity contribution >= 4 is 17.5 Å². The number of alkyl halides is 3. The van der Waals surface area contributed by atoms with Crippen molar-refractivity contribution in [2.24, 2.45) is 0 Å². The molecule has 2 heterocycles. The minimum absolute atomic E-state index is 0.0834. The molecule has 2 amide bonds. The average Bonchev–Trinajstić information content (AvgIpc) is 3.27. The zero-order valence-electron chi connectivity index (χ0n) is 18.4. The Morgan fingerprint density at radius 3 is 2.37 bits per heavy atom. The molecular formula is C26H21F3N2O4. The summed E-state index contributed by atoms with van der Waals surface area (Å²) in [5.41, 5.74) is 1.62. The molecule has 2 aliphatic rings. The van der Waals surface area contributed by atoms with E-state index in [4.69, 9.17) is 4.74 Å². The maximum Gasteiger partial charge on any atom is 0.573 e. The maximum atomic E-state index is 13.8. The van der Waals surface area contributed by atoms with Crippen molar-refractivity contribution in [3.8, 4) is 11.5 Å². The summed E-state index contributed by atoms with van der Waals surface area (Å²) in [4.78, 5) is 30.1. The zero-order chi connectivity index (χ0) is 24.6. The van der Waals surface area contributed by atoms with Crippen LogP contribution < -0.4 is 14.4 Å². The van der Waals surface area contributed by atoms with Gasteiger partial charge in [-0.1, -0.05) is 42.5 Å². The number of fused-ring (bicyclic) bond motifs is 3. The van der Waals surface area contributed by atoms with Gasteiger partial charge in [0.25, 0.3) is 5.91 Å². The molecule has 35 heavy (non-hydrogen) atoms. The number of amides is 2. The lowest BCUT2D eigenvalue weighted by Gasteiger charge is -2.32. The summed E-state index contributed by atoms with van der Waals surface area (Å²) in [6, 6.07) is 20.5. The third kappa shape index (κ3) is 4.80. The largest absolute Gasteiger partial charge is 0.573 e. The molecule has 0 unspecified atom stereocenters. The first-order valence-corrected chi connectivity index (χ1v) is 11.1. The van der Waals surface area contributed by atoms with Crippen LogP contribution in [0.5, 0.6) is 11.5 Å². The Morgan fingerprint density at radius 2 is 1.66 bits per heavy atom. The Kier molecular flexibility index (Phi) is 5.84. The fourth-order valence-electron chi connectivity index (χ4n) is 4.49. The van der Waals surface area contributed by atoms with E-state index in [2.05, 4.69) is 4.74 Å². The van der Waals surface area contributed by atoms with Gasteiger partial charge in [0.05, 0.1) is 18.8 Å². The van der Waals surface area contributed by atoms with E-state index in [0.29, 0.717) is 29.0 Å². The first kappa shape index (κ1) is 22.8. The van der Waals surface area contributed by atoms with Crippen molar-refractivity contribution < 1.29 is 32.2 Å². The summed E-state index contributed by atoms with van der Waals surface area (Å²) in [7, 11) is 0. The number of nitrogens with zero attached hydrogens (tertiary/aromatic N) is 2. The molecule has 0 spiro atoms. The summed E-state index contributed by atoms with van der Waals surface area (Å²) in [5.74, 6) is -0.365. The number of hydrogen-bond acceptors (Lipinski definition) is 4. The highest BCUT2D eigenvalue weighted by Gasteiger charge is 2.45. The van der Waals surface area contributed by atoms with Crippen molar-refractivity contribution in [3.05, 3.63) is 90.0 Å². The topological polar surface area (TPSA) is 59.1 Å². The lowest BCUT2D eigenvalue weighted by atomic mass is 10.1. The number of carbonyl (C=O) groups excluding carboxylic acids is 2. The summed E-state index contributed by atoms with van der Waals surface area (Å²) in [5, 5.41) is 0. The summed E-state index contributed by atoms with van der Waals surface area (Å²) < 4.78 is 47.7. The van der Waals surface area contributed by atoms with E-state index in [1.807, 2.05) is 6.07 Å². The molecular weight excluding hydrogens is 461 g/mol. The average molecular weight is 482 g/mol. The second-order valence-electron chi connectivity index (χ2n) is 8.40. The molecule has 0 aromatic heterocycles. The fourth-order valence-corrected chi connectivity index (χ4v) is 4.49. The van der Waals surface area contributed by atoms with E-state index < -0.39 is 12.4 Å². The number of halogens is 3. The first-order chi connectivity index (χ1) is 16.8. The van der Waals surface area contributed by atoms with Gasteiger partial charge in [0.1, 0.15) is 23.6 Å². The van der Waals surface area contributed by atoms with E-state index in [-0.39, 0.29) is 36.8 Å². The minimum atomic E-state index is -4.79. The molecule has 180 valence electrons. The standard InChI is InChI=1S/C26H21F3N2O4/c27-26(28,29)35-19-12-10-17(11-13-19)15-30-21-8-4-5-9-23(21)34-20-14-22(25(30)33)31(16-20)24(32)18-6-2-1-3-7-18/h1-13,20,22H,14-16H2/t20-,22-/m0/s1. The number of rotatable bonds is 4. The quantitative estimate of drug-likeness (QED) is 0.537. The summed E-state index contributed by atoms with van der Waals surface area (Å²) >= 11 is 0. The van der Waals surface area contributed by atoms with Gasteiger partial charge in [-0.25, -0.2) is 0 Å². The second kappa shape index (κ2) is 8.98. The smallest absolute Gasteiger partial charge is 0.486 e. The Bertz CT molecular complexity index is 1230. The van der Waals surface area contributed by atoms with Crippen molar-refractivity contribution in [1.82, 2.24) is 4.90 Å². The van der Waals surface area contributed by atoms with Crippen LogP contribution in [0, 0.1) is 0 Å². The van der Waals surface area contributed by atoms with Crippen LogP contribution >= 0.6 is 0 Å². The normalized spacial score (nSPS) is 19.5. The highest BCUT2D eigenvalue weighted by Crippen LogP contribution is 2.37. The SMILES string of the molecule is O=C1[C@@H]2C[C@@H](CN2C(=O)c2ccccc2)Oc2ccccc2N1Cc1ccc(OC(F)(F)F)cc1. The molecule has 2 aliphatic heterocycles. The summed E-state index contributed by atoms with van der Waals surface area (Å²) in [6.45, 7) is 0.357. The number of carbonyl (C=O) groups is 2. The zero-order valence-corrected chi connectivity index (χ0v) is 18.4. The molecule has 0 N–H and O–H groups in total. The van der Waals surface area contributed by atoms with E-state index in [1.54, 1.807) is 53.4 Å².